The van der Waals surface area contributed by atoms with Crippen LogP contribution in [0.4, 0.5) is 0 Å². The summed E-state index contributed by atoms with van der Waals surface area (Å²) >= 11 is 0. The van der Waals surface area contributed by atoms with Crippen molar-refractivity contribution in [2.45, 2.75) is 13.3 Å². The molecule has 0 radical (unpaired) electrons. The number of rotatable bonds is 3. The molecule has 0 rings (SSSR count). The van der Waals surface area contributed by atoms with E-state index in [0.29, 0.717) is 6.42 Å². The quantitative estimate of drug-likeness (QED) is 0.562. The maximum absolute atomic E-state index is 10.5. The van der Waals surface area contributed by atoms with Gasteiger partial charge in [0.05, 0.1) is 0 Å². The lowest BCUT2D eigenvalue weighted by Crippen LogP contribution is -1.90. The van der Waals surface area contributed by atoms with Gasteiger partial charge in [-0.3, -0.25) is 4.57 Å². The van der Waals surface area contributed by atoms with E-state index < -0.39 is 13.7 Å². The van der Waals surface area contributed by atoms with Crippen LogP contribution in [-0.2, 0) is 4.57 Å². The molecule has 4 heteroatoms. The Hall–Kier alpha value is 0.150. The van der Waals surface area contributed by atoms with Crippen molar-refractivity contribution in [1.29, 1.82) is 0 Å². The summed E-state index contributed by atoms with van der Waals surface area (Å²) in [4.78, 5) is 8.63. The lowest BCUT2D eigenvalue weighted by Gasteiger charge is -2.03. The molecule has 0 aliphatic rings. The van der Waals surface area contributed by atoms with E-state index in [1.165, 1.54) is 0 Å². The van der Waals surface area contributed by atoms with Crippen LogP contribution in [0.3, 0.4) is 0 Å². The fourth-order valence-corrected chi connectivity index (χ4v) is 1.26. The van der Waals surface area contributed by atoms with Gasteiger partial charge in [0, 0.05) is 6.16 Å². The fourth-order valence-electron chi connectivity index (χ4n) is 0.420. The first kappa shape index (κ1) is 8.15. The predicted molar refractivity (Wildman–Crippen MR) is 32.1 cm³/mol. The van der Waals surface area contributed by atoms with E-state index in [1.807, 2.05) is 0 Å². The molecule has 0 saturated carbocycles. The number of aliphatic hydroxyl groups excluding tert-OH is 1. The highest BCUT2D eigenvalue weighted by molar-refractivity contribution is 7.57. The minimum absolute atomic E-state index is 0.226. The molecule has 50 valence electrons. The largest absolute Gasteiger partial charge is 0.386 e. The Morgan fingerprint density at radius 2 is 2.12 bits per heavy atom. The zero-order chi connectivity index (χ0) is 6.62. The van der Waals surface area contributed by atoms with E-state index in [0.717, 1.165) is 0 Å². The average Bonchev–Trinajstić information content (AvgIpc) is 1.67. The summed E-state index contributed by atoms with van der Waals surface area (Å²) in [6.07, 6.45) is 0.290. The topological polar surface area (TPSA) is 57.5 Å². The molecule has 1 atom stereocenters. The second kappa shape index (κ2) is 3.23. The highest BCUT2D eigenvalue weighted by atomic mass is 31.2. The Morgan fingerprint density at radius 3 is 2.25 bits per heavy atom. The molecule has 0 bridgehead atoms. The molecule has 0 amide bonds. The summed E-state index contributed by atoms with van der Waals surface area (Å²) < 4.78 is 10.5. The predicted octanol–water partition coefficient (Wildman–Crippen LogP) is 0.617. The Morgan fingerprint density at radius 1 is 1.62 bits per heavy atom. The first-order valence-corrected chi connectivity index (χ1v) is 4.57. The Bertz CT molecular complexity index is 101. The standard InChI is InChI=1S/C4H11O3P/c1-2-3-8(6,7)4-5/h5H,2-4H2,1H3,(H,6,7). The van der Waals surface area contributed by atoms with Crippen molar-refractivity contribution < 1.29 is 14.6 Å². The van der Waals surface area contributed by atoms with Crippen LogP contribution in [0.2, 0.25) is 0 Å². The normalized spacial score (nSPS) is 17.9. The minimum Gasteiger partial charge on any atom is -0.386 e. The smallest absolute Gasteiger partial charge is 0.225 e. The molecule has 0 aromatic carbocycles. The van der Waals surface area contributed by atoms with Gasteiger partial charge in [0.15, 0.2) is 0 Å². The van der Waals surface area contributed by atoms with E-state index >= 15 is 0 Å². The molecular formula is C4H11O3P. The van der Waals surface area contributed by atoms with Gasteiger partial charge in [0.2, 0.25) is 7.37 Å². The third-order valence-electron chi connectivity index (χ3n) is 0.794. The summed E-state index contributed by atoms with van der Waals surface area (Å²) in [5.74, 6) is 0. The van der Waals surface area contributed by atoms with Gasteiger partial charge < -0.3 is 10.00 Å². The van der Waals surface area contributed by atoms with Crippen LogP contribution in [0.5, 0.6) is 0 Å². The third kappa shape index (κ3) is 3.19. The van der Waals surface area contributed by atoms with Crippen molar-refractivity contribution in [3.8, 4) is 0 Å². The van der Waals surface area contributed by atoms with Crippen LogP contribution in [0.1, 0.15) is 13.3 Å². The Kier molecular flexibility index (Phi) is 3.29. The van der Waals surface area contributed by atoms with E-state index in [9.17, 15) is 4.57 Å². The summed E-state index contributed by atoms with van der Waals surface area (Å²) in [7, 11) is -3.12. The zero-order valence-corrected chi connectivity index (χ0v) is 5.77. The summed E-state index contributed by atoms with van der Waals surface area (Å²) in [5.41, 5.74) is 0. The van der Waals surface area contributed by atoms with Crippen molar-refractivity contribution in [3.05, 3.63) is 0 Å². The lowest BCUT2D eigenvalue weighted by molar-refractivity contribution is 0.332. The highest BCUT2D eigenvalue weighted by Gasteiger charge is 2.13. The monoisotopic (exact) mass is 138 g/mol. The van der Waals surface area contributed by atoms with E-state index in [1.54, 1.807) is 6.92 Å². The van der Waals surface area contributed by atoms with Crippen molar-refractivity contribution in [1.82, 2.24) is 0 Å². The van der Waals surface area contributed by atoms with Crippen LogP contribution in [0.25, 0.3) is 0 Å². The molecule has 0 aromatic heterocycles. The SMILES string of the molecule is CCCP(=O)(O)CO. The van der Waals surface area contributed by atoms with Gasteiger partial charge in [-0.2, -0.15) is 0 Å². The molecule has 0 aliphatic carbocycles. The average molecular weight is 138 g/mol. The maximum Gasteiger partial charge on any atom is 0.225 e. The van der Waals surface area contributed by atoms with Gasteiger partial charge in [-0.25, -0.2) is 0 Å². The van der Waals surface area contributed by atoms with Crippen LogP contribution >= 0.6 is 7.37 Å². The van der Waals surface area contributed by atoms with Gasteiger partial charge >= 0.3 is 0 Å². The number of hydrogen-bond donors (Lipinski definition) is 2. The molecule has 0 aliphatic heterocycles. The van der Waals surface area contributed by atoms with Crippen LogP contribution in [-0.4, -0.2) is 22.5 Å². The highest BCUT2D eigenvalue weighted by Crippen LogP contribution is 2.38. The molecule has 3 nitrogen and oxygen atoms in total. The fraction of sp³-hybridized carbons (Fsp3) is 1.00. The minimum atomic E-state index is -3.12. The van der Waals surface area contributed by atoms with Crippen molar-refractivity contribution in [3.63, 3.8) is 0 Å². The van der Waals surface area contributed by atoms with Crippen molar-refractivity contribution >= 4 is 7.37 Å². The van der Waals surface area contributed by atoms with Gasteiger partial charge in [-0.15, -0.1) is 0 Å². The first-order valence-electron chi connectivity index (χ1n) is 2.54. The Labute approximate surface area is 48.8 Å². The summed E-state index contributed by atoms with van der Waals surface area (Å²) in [6, 6.07) is 0. The Balaban J connectivity index is 3.55. The van der Waals surface area contributed by atoms with Crippen LogP contribution in [0, 0.1) is 0 Å². The van der Waals surface area contributed by atoms with E-state index in [4.69, 9.17) is 10.00 Å². The molecule has 0 heterocycles. The summed E-state index contributed by atoms with van der Waals surface area (Å²) in [5, 5.41) is 8.21. The van der Waals surface area contributed by atoms with Gasteiger partial charge in [0.1, 0.15) is 6.35 Å². The zero-order valence-electron chi connectivity index (χ0n) is 4.87. The lowest BCUT2D eigenvalue weighted by atomic mass is 10.6. The van der Waals surface area contributed by atoms with Crippen molar-refractivity contribution in [2.75, 3.05) is 12.5 Å². The summed E-state index contributed by atoms with van der Waals surface area (Å²) in [6.45, 7) is 1.80. The van der Waals surface area contributed by atoms with Crippen LogP contribution < -0.4 is 0 Å². The van der Waals surface area contributed by atoms with Gasteiger partial charge in [0.25, 0.3) is 0 Å². The van der Waals surface area contributed by atoms with E-state index in [-0.39, 0.29) is 6.16 Å². The van der Waals surface area contributed by atoms with Crippen LogP contribution in [0.15, 0.2) is 0 Å². The number of hydrogen-bond acceptors (Lipinski definition) is 2. The first-order chi connectivity index (χ1) is 3.62. The second-order valence-corrected chi connectivity index (χ2v) is 4.13. The maximum atomic E-state index is 10.5. The number of aliphatic hydroxyl groups is 1. The molecule has 8 heavy (non-hydrogen) atoms. The molecule has 2 N–H and O–H groups in total. The van der Waals surface area contributed by atoms with Crippen molar-refractivity contribution in [2.24, 2.45) is 0 Å². The van der Waals surface area contributed by atoms with Gasteiger partial charge in [-0.05, 0) is 6.42 Å². The molecule has 0 saturated heterocycles. The molecule has 0 fully saturated rings. The molecule has 0 aromatic rings. The molecule has 0 spiro atoms. The van der Waals surface area contributed by atoms with E-state index in [2.05, 4.69) is 0 Å². The van der Waals surface area contributed by atoms with Gasteiger partial charge in [-0.1, -0.05) is 6.92 Å². The molecular weight excluding hydrogens is 127 g/mol. The third-order valence-corrected chi connectivity index (χ3v) is 2.38. The second-order valence-electron chi connectivity index (χ2n) is 1.71. The molecule has 1 unspecified atom stereocenters.